The van der Waals surface area contributed by atoms with Crippen LogP contribution in [0.3, 0.4) is 0 Å². The molecule has 0 radical (unpaired) electrons. The van der Waals surface area contributed by atoms with E-state index in [4.69, 9.17) is 4.74 Å². The largest absolute Gasteiger partial charge is 0.394 e. The summed E-state index contributed by atoms with van der Waals surface area (Å²) in [7, 11) is 0. The Kier molecular flexibility index (Phi) is 3.80. The minimum Gasteiger partial charge on any atom is -0.394 e. The van der Waals surface area contributed by atoms with E-state index >= 15 is 0 Å². The van der Waals surface area contributed by atoms with Crippen molar-refractivity contribution < 1.29 is 14.6 Å². The highest BCUT2D eigenvalue weighted by atomic mass is 16.5. The Labute approximate surface area is 121 Å². The van der Waals surface area contributed by atoms with Crippen molar-refractivity contribution in [3.8, 4) is 0 Å². The molecule has 0 bridgehead atoms. The van der Waals surface area contributed by atoms with E-state index in [0.29, 0.717) is 6.54 Å². The van der Waals surface area contributed by atoms with E-state index in [2.05, 4.69) is 19.2 Å². The second kappa shape index (κ2) is 4.88. The van der Waals surface area contributed by atoms with Crippen LogP contribution in [0.25, 0.3) is 0 Å². The van der Waals surface area contributed by atoms with Crippen LogP contribution in [0.2, 0.25) is 0 Å². The van der Waals surface area contributed by atoms with Crippen LogP contribution in [0.15, 0.2) is 0 Å². The molecule has 2 amide bonds. The number of nitrogens with zero attached hydrogens (tertiary/aromatic N) is 1. The van der Waals surface area contributed by atoms with Gasteiger partial charge in [0, 0.05) is 6.54 Å². The summed E-state index contributed by atoms with van der Waals surface area (Å²) >= 11 is 0. The Balaban J connectivity index is 2.05. The van der Waals surface area contributed by atoms with Crippen LogP contribution in [-0.2, 0) is 4.74 Å². The van der Waals surface area contributed by atoms with Crippen molar-refractivity contribution in [2.45, 2.75) is 76.7 Å². The quantitative estimate of drug-likeness (QED) is 0.814. The highest BCUT2D eigenvalue weighted by Crippen LogP contribution is 2.37. The van der Waals surface area contributed by atoms with Crippen molar-refractivity contribution in [1.82, 2.24) is 10.2 Å². The molecule has 0 aromatic carbocycles. The first kappa shape index (κ1) is 15.6. The highest BCUT2D eigenvalue weighted by Gasteiger charge is 2.48. The summed E-state index contributed by atoms with van der Waals surface area (Å²) in [6.45, 7) is 10.8. The SMILES string of the molecule is CC1(C)C[C@@H](NC(=O)N2CCC[C@]2(C)CO)C(C)(C)O1. The fraction of sp³-hybridized carbons (Fsp3) is 0.933. The van der Waals surface area contributed by atoms with Gasteiger partial charge in [0.1, 0.15) is 0 Å². The first-order chi connectivity index (χ1) is 9.10. The van der Waals surface area contributed by atoms with Gasteiger partial charge in [0.05, 0.1) is 29.4 Å². The first-order valence-electron chi connectivity index (χ1n) is 7.49. The Bertz CT molecular complexity index is 395. The van der Waals surface area contributed by atoms with E-state index in [1.165, 1.54) is 0 Å². The number of hydrogen-bond donors (Lipinski definition) is 2. The number of amides is 2. The molecule has 0 aromatic rings. The number of nitrogens with one attached hydrogen (secondary N) is 1. The third-order valence-corrected chi connectivity index (χ3v) is 4.71. The van der Waals surface area contributed by atoms with Crippen molar-refractivity contribution in [3.05, 3.63) is 0 Å². The van der Waals surface area contributed by atoms with Crippen molar-refractivity contribution >= 4 is 6.03 Å². The zero-order valence-electron chi connectivity index (χ0n) is 13.3. The lowest BCUT2D eigenvalue weighted by molar-refractivity contribution is -0.0694. The van der Waals surface area contributed by atoms with Gasteiger partial charge in [-0.15, -0.1) is 0 Å². The maximum atomic E-state index is 12.5. The molecule has 116 valence electrons. The minimum absolute atomic E-state index is 0.00598. The van der Waals surface area contributed by atoms with Gasteiger partial charge in [0.2, 0.25) is 0 Å². The molecule has 2 heterocycles. The molecule has 5 nitrogen and oxygen atoms in total. The Morgan fingerprint density at radius 3 is 2.50 bits per heavy atom. The number of aliphatic hydroxyl groups is 1. The maximum absolute atomic E-state index is 12.5. The predicted molar refractivity (Wildman–Crippen MR) is 77.6 cm³/mol. The molecular weight excluding hydrogens is 256 g/mol. The Morgan fingerprint density at radius 1 is 1.35 bits per heavy atom. The standard InChI is InChI=1S/C15H28N2O3/c1-13(2)9-11(14(3,4)20-13)16-12(19)17-8-6-7-15(17,5)10-18/h11,18H,6-10H2,1-5H3,(H,16,19)/t11-,15-/m1/s1. The summed E-state index contributed by atoms with van der Waals surface area (Å²) in [6.07, 6.45) is 2.60. The lowest BCUT2D eigenvalue weighted by Crippen LogP contribution is -2.56. The van der Waals surface area contributed by atoms with Crippen LogP contribution < -0.4 is 5.32 Å². The molecular formula is C15H28N2O3. The molecule has 2 saturated heterocycles. The highest BCUT2D eigenvalue weighted by molar-refractivity contribution is 5.76. The number of urea groups is 1. The van der Waals surface area contributed by atoms with Crippen molar-refractivity contribution in [2.24, 2.45) is 0 Å². The van der Waals surface area contributed by atoms with Crippen LogP contribution in [0.4, 0.5) is 4.79 Å². The molecule has 0 saturated carbocycles. The van der Waals surface area contributed by atoms with E-state index in [0.717, 1.165) is 19.3 Å². The molecule has 0 spiro atoms. The normalized spacial score (nSPS) is 35.3. The number of hydrogen-bond acceptors (Lipinski definition) is 3. The summed E-state index contributed by atoms with van der Waals surface area (Å²) in [5, 5.41) is 12.7. The van der Waals surface area contributed by atoms with Gasteiger partial charge in [-0.2, -0.15) is 0 Å². The lowest BCUT2D eigenvalue weighted by Gasteiger charge is -2.36. The molecule has 2 aliphatic rings. The van der Waals surface area contributed by atoms with Gasteiger partial charge < -0.3 is 20.1 Å². The van der Waals surface area contributed by atoms with Crippen molar-refractivity contribution in [1.29, 1.82) is 0 Å². The summed E-state index contributed by atoms with van der Waals surface area (Å²) in [5.74, 6) is 0. The van der Waals surface area contributed by atoms with E-state index in [1.807, 2.05) is 20.8 Å². The molecule has 5 heteroatoms. The molecule has 2 N–H and O–H groups in total. The summed E-state index contributed by atoms with van der Waals surface area (Å²) in [6, 6.07) is -0.0908. The Morgan fingerprint density at radius 2 is 2.00 bits per heavy atom. The van der Waals surface area contributed by atoms with E-state index in [1.54, 1.807) is 4.90 Å². The maximum Gasteiger partial charge on any atom is 0.318 e. The average Bonchev–Trinajstić information content (AvgIpc) is 2.77. The van der Waals surface area contributed by atoms with Crippen molar-refractivity contribution in [2.75, 3.05) is 13.2 Å². The average molecular weight is 284 g/mol. The fourth-order valence-corrected chi connectivity index (χ4v) is 3.55. The first-order valence-corrected chi connectivity index (χ1v) is 7.49. The number of ether oxygens (including phenoxy) is 1. The van der Waals surface area contributed by atoms with E-state index < -0.39 is 5.54 Å². The number of carbonyl (C=O) groups excluding carboxylic acids is 1. The lowest BCUT2D eigenvalue weighted by atomic mass is 9.94. The van der Waals surface area contributed by atoms with Gasteiger partial charge >= 0.3 is 6.03 Å². The predicted octanol–water partition coefficient (Wildman–Crippen LogP) is 1.89. The Hall–Kier alpha value is -0.810. The van der Waals surface area contributed by atoms with Gasteiger partial charge in [-0.1, -0.05) is 0 Å². The van der Waals surface area contributed by atoms with Gasteiger partial charge in [-0.3, -0.25) is 0 Å². The molecule has 2 fully saturated rings. The van der Waals surface area contributed by atoms with E-state index in [9.17, 15) is 9.90 Å². The van der Waals surface area contributed by atoms with Crippen LogP contribution in [-0.4, -0.2) is 52.0 Å². The monoisotopic (exact) mass is 284 g/mol. The summed E-state index contributed by atoms with van der Waals surface area (Å²) in [4.78, 5) is 14.3. The number of carbonyl (C=O) groups is 1. The van der Waals surface area contributed by atoms with Crippen LogP contribution in [0.5, 0.6) is 0 Å². The topological polar surface area (TPSA) is 61.8 Å². The zero-order valence-corrected chi connectivity index (χ0v) is 13.3. The number of aliphatic hydroxyl groups excluding tert-OH is 1. The molecule has 2 rings (SSSR count). The minimum atomic E-state index is -0.427. The molecule has 0 unspecified atom stereocenters. The van der Waals surface area contributed by atoms with Gasteiger partial charge in [-0.05, 0) is 53.9 Å². The second-order valence-corrected chi connectivity index (χ2v) is 7.58. The smallest absolute Gasteiger partial charge is 0.318 e. The van der Waals surface area contributed by atoms with Crippen LogP contribution in [0, 0.1) is 0 Å². The summed E-state index contributed by atoms with van der Waals surface area (Å²) < 4.78 is 6.01. The van der Waals surface area contributed by atoms with E-state index in [-0.39, 0.29) is 29.9 Å². The molecule has 2 atom stereocenters. The third kappa shape index (κ3) is 2.79. The number of rotatable bonds is 2. The summed E-state index contributed by atoms with van der Waals surface area (Å²) in [5.41, 5.74) is -1.01. The van der Waals surface area contributed by atoms with Crippen LogP contribution in [0.1, 0.15) is 53.9 Å². The molecule has 0 aromatic heterocycles. The molecule has 0 aliphatic carbocycles. The number of likely N-dealkylation sites (tertiary alicyclic amines) is 1. The molecule has 20 heavy (non-hydrogen) atoms. The third-order valence-electron chi connectivity index (χ3n) is 4.71. The van der Waals surface area contributed by atoms with Gasteiger partial charge in [0.25, 0.3) is 0 Å². The van der Waals surface area contributed by atoms with Gasteiger partial charge in [-0.25, -0.2) is 4.79 Å². The van der Waals surface area contributed by atoms with Gasteiger partial charge in [0.15, 0.2) is 0 Å². The van der Waals surface area contributed by atoms with Crippen LogP contribution >= 0.6 is 0 Å². The van der Waals surface area contributed by atoms with Crippen molar-refractivity contribution in [3.63, 3.8) is 0 Å². The molecule has 2 aliphatic heterocycles. The fourth-order valence-electron chi connectivity index (χ4n) is 3.55. The zero-order chi connectivity index (χ0) is 15.2. The second-order valence-electron chi connectivity index (χ2n) is 7.58.